The molecular weight excluding hydrogens is 346 g/mol. The molecule has 0 spiro atoms. The van der Waals surface area contributed by atoms with Crippen molar-refractivity contribution in [2.45, 2.75) is 34.2 Å². The van der Waals surface area contributed by atoms with Crippen molar-refractivity contribution in [2.24, 2.45) is 5.92 Å². The third-order valence-electron chi connectivity index (χ3n) is 4.70. The number of hydrogen-bond acceptors (Lipinski definition) is 6. The van der Waals surface area contributed by atoms with E-state index < -0.39 is 0 Å². The number of hydrogen-bond donors (Lipinski definition) is 0. The predicted molar refractivity (Wildman–Crippen MR) is 106 cm³/mol. The van der Waals surface area contributed by atoms with Crippen LogP contribution in [-0.2, 0) is 11.3 Å². The van der Waals surface area contributed by atoms with Crippen LogP contribution in [0.1, 0.15) is 29.2 Å². The van der Waals surface area contributed by atoms with E-state index in [2.05, 4.69) is 34.7 Å². The molecule has 140 valence electrons. The fourth-order valence-electron chi connectivity index (χ4n) is 2.99. The molecule has 0 atom stereocenters. The quantitative estimate of drug-likeness (QED) is 0.749. The number of rotatable bonds is 5. The Balaban J connectivity index is 1.62. The molecule has 0 unspecified atom stereocenters. The van der Waals surface area contributed by atoms with Crippen LogP contribution < -0.4 is 9.64 Å². The van der Waals surface area contributed by atoms with Crippen molar-refractivity contribution in [3.8, 4) is 5.75 Å². The SMILES string of the molecule is Cc1cc(CN2CCN(c3ncccc3OC(=O)C(C)C)CC2)sc1C. The molecule has 1 aliphatic rings. The number of nitrogens with zero attached hydrogens (tertiary/aromatic N) is 3. The number of ether oxygens (including phenoxy) is 1. The smallest absolute Gasteiger partial charge is 0.313 e. The van der Waals surface area contributed by atoms with Gasteiger partial charge in [0.25, 0.3) is 0 Å². The Morgan fingerprint density at radius 1 is 1.27 bits per heavy atom. The summed E-state index contributed by atoms with van der Waals surface area (Å²) < 4.78 is 5.54. The fourth-order valence-corrected chi connectivity index (χ4v) is 4.09. The summed E-state index contributed by atoms with van der Waals surface area (Å²) in [4.78, 5) is 24.0. The number of carbonyl (C=O) groups is 1. The molecular formula is C20H27N3O2S. The van der Waals surface area contributed by atoms with Crippen LogP contribution in [0.4, 0.5) is 5.82 Å². The molecule has 0 aromatic carbocycles. The maximum Gasteiger partial charge on any atom is 0.313 e. The van der Waals surface area contributed by atoms with Gasteiger partial charge in [0.05, 0.1) is 5.92 Å². The molecule has 2 aromatic rings. The first-order chi connectivity index (χ1) is 12.4. The second kappa shape index (κ2) is 8.18. The van der Waals surface area contributed by atoms with Crippen LogP contribution in [0.5, 0.6) is 5.75 Å². The van der Waals surface area contributed by atoms with Gasteiger partial charge >= 0.3 is 5.97 Å². The zero-order valence-corrected chi connectivity index (χ0v) is 16.8. The molecule has 0 bridgehead atoms. The van der Waals surface area contributed by atoms with Gasteiger partial charge in [0.1, 0.15) is 0 Å². The van der Waals surface area contributed by atoms with Crippen molar-refractivity contribution < 1.29 is 9.53 Å². The Labute approximate surface area is 159 Å². The second-order valence-electron chi connectivity index (χ2n) is 7.12. The minimum Gasteiger partial charge on any atom is -0.422 e. The number of thiophene rings is 1. The van der Waals surface area contributed by atoms with Crippen molar-refractivity contribution in [2.75, 3.05) is 31.1 Å². The van der Waals surface area contributed by atoms with E-state index in [1.807, 2.05) is 37.3 Å². The number of carbonyl (C=O) groups excluding carboxylic acids is 1. The minimum absolute atomic E-state index is 0.155. The summed E-state index contributed by atoms with van der Waals surface area (Å²) in [5, 5.41) is 0. The molecule has 0 N–H and O–H groups in total. The van der Waals surface area contributed by atoms with Crippen LogP contribution >= 0.6 is 11.3 Å². The van der Waals surface area contributed by atoms with Gasteiger partial charge in [0, 0.05) is 48.7 Å². The summed E-state index contributed by atoms with van der Waals surface area (Å²) in [5.74, 6) is 0.951. The molecule has 3 heterocycles. The minimum atomic E-state index is -0.221. The molecule has 0 saturated carbocycles. The molecule has 3 rings (SSSR count). The first kappa shape index (κ1) is 18.9. The zero-order chi connectivity index (χ0) is 18.7. The van der Waals surface area contributed by atoms with Crippen molar-refractivity contribution in [1.82, 2.24) is 9.88 Å². The third-order valence-corrected chi connectivity index (χ3v) is 5.84. The lowest BCUT2D eigenvalue weighted by atomic mass is 10.2. The molecule has 1 fully saturated rings. The highest BCUT2D eigenvalue weighted by Gasteiger charge is 2.22. The first-order valence-corrected chi connectivity index (χ1v) is 9.95. The lowest BCUT2D eigenvalue weighted by Crippen LogP contribution is -2.46. The Hall–Kier alpha value is -1.92. The van der Waals surface area contributed by atoms with E-state index in [4.69, 9.17) is 4.74 Å². The number of aryl methyl sites for hydroxylation is 2. The number of piperazine rings is 1. The van der Waals surface area contributed by atoms with Gasteiger partial charge in [-0.15, -0.1) is 11.3 Å². The van der Waals surface area contributed by atoms with Crippen LogP contribution in [0, 0.1) is 19.8 Å². The van der Waals surface area contributed by atoms with E-state index in [1.54, 1.807) is 6.20 Å². The molecule has 0 amide bonds. The van der Waals surface area contributed by atoms with Crippen LogP contribution in [0.3, 0.4) is 0 Å². The highest BCUT2D eigenvalue weighted by atomic mass is 32.1. The normalized spacial score (nSPS) is 15.5. The van der Waals surface area contributed by atoms with Gasteiger partial charge in [0.15, 0.2) is 11.6 Å². The largest absolute Gasteiger partial charge is 0.422 e. The van der Waals surface area contributed by atoms with Crippen molar-refractivity contribution >= 4 is 23.1 Å². The third kappa shape index (κ3) is 4.43. The molecule has 2 aromatic heterocycles. The molecule has 1 saturated heterocycles. The topological polar surface area (TPSA) is 45.7 Å². The van der Waals surface area contributed by atoms with Crippen LogP contribution in [0.15, 0.2) is 24.4 Å². The van der Waals surface area contributed by atoms with Crippen LogP contribution in [-0.4, -0.2) is 42.0 Å². The van der Waals surface area contributed by atoms with Crippen molar-refractivity contribution in [3.05, 3.63) is 39.7 Å². The Morgan fingerprint density at radius 3 is 2.62 bits per heavy atom. The van der Waals surface area contributed by atoms with E-state index in [9.17, 15) is 4.79 Å². The van der Waals surface area contributed by atoms with E-state index >= 15 is 0 Å². The second-order valence-corrected chi connectivity index (χ2v) is 8.46. The summed E-state index contributed by atoms with van der Waals surface area (Å²) in [7, 11) is 0. The standard InChI is InChI=1S/C20H27N3O2S/c1-14(2)20(24)25-18-6-5-7-21-19(18)23-10-8-22(9-11-23)13-17-12-15(3)16(4)26-17/h5-7,12,14H,8-11,13H2,1-4H3. The van der Waals surface area contributed by atoms with E-state index in [0.717, 1.165) is 38.5 Å². The highest BCUT2D eigenvalue weighted by Crippen LogP contribution is 2.28. The monoisotopic (exact) mass is 373 g/mol. The van der Waals surface area contributed by atoms with Crippen LogP contribution in [0.25, 0.3) is 0 Å². The first-order valence-electron chi connectivity index (χ1n) is 9.14. The predicted octanol–water partition coefficient (Wildman–Crippen LogP) is 3.64. The number of anilines is 1. The van der Waals surface area contributed by atoms with E-state index in [-0.39, 0.29) is 11.9 Å². The number of aromatic nitrogens is 1. The van der Waals surface area contributed by atoms with Gasteiger partial charge in [-0.3, -0.25) is 9.69 Å². The summed E-state index contributed by atoms with van der Waals surface area (Å²) in [6.07, 6.45) is 1.76. The summed E-state index contributed by atoms with van der Waals surface area (Å²) in [6, 6.07) is 5.94. The fraction of sp³-hybridized carbons (Fsp3) is 0.500. The number of esters is 1. The van der Waals surface area contributed by atoms with Gasteiger partial charge in [0.2, 0.25) is 0 Å². The summed E-state index contributed by atoms with van der Waals surface area (Å²) in [5.41, 5.74) is 1.38. The van der Waals surface area contributed by atoms with Crippen molar-refractivity contribution in [1.29, 1.82) is 0 Å². The molecule has 1 aliphatic heterocycles. The Bertz CT molecular complexity index is 745. The average molecular weight is 374 g/mol. The van der Waals surface area contributed by atoms with E-state index in [1.165, 1.54) is 15.3 Å². The lowest BCUT2D eigenvalue weighted by molar-refractivity contribution is -0.137. The number of pyridine rings is 1. The van der Waals surface area contributed by atoms with Gasteiger partial charge in [-0.05, 0) is 37.6 Å². The van der Waals surface area contributed by atoms with E-state index in [0.29, 0.717) is 5.75 Å². The molecule has 6 heteroatoms. The molecule has 0 radical (unpaired) electrons. The zero-order valence-electron chi connectivity index (χ0n) is 16.0. The van der Waals surface area contributed by atoms with Crippen LogP contribution in [0.2, 0.25) is 0 Å². The maximum atomic E-state index is 12.0. The maximum absolute atomic E-state index is 12.0. The van der Waals surface area contributed by atoms with Gasteiger partial charge in [-0.1, -0.05) is 13.8 Å². The Morgan fingerprint density at radius 2 is 2.00 bits per heavy atom. The molecule has 0 aliphatic carbocycles. The lowest BCUT2D eigenvalue weighted by Gasteiger charge is -2.35. The average Bonchev–Trinajstić information content (AvgIpc) is 2.93. The van der Waals surface area contributed by atoms with Gasteiger partial charge in [-0.25, -0.2) is 4.98 Å². The highest BCUT2D eigenvalue weighted by molar-refractivity contribution is 7.12. The van der Waals surface area contributed by atoms with Gasteiger partial charge < -0.3 is 9.64 Å². The molecule has 5 nitrogen and oxygen atoms in total. The van der Waals surface area contributed by atoms with Crippen molar-refractivity contribution in [3.63, 3.8) is 0 Å². The molecule has 26 heavy (non-hydrogen) atoms. The van der Waals surface area contributed by atoms with Gasteiger partial charge in [-0.2, -0.15) is 0 Å². The summed E-state index contributed by atoms with van der Waals surface area (Å²) >= 11 is 1.89. The Kier molecular flexibility index (Phi) is 5.94. The summed E-state index contributed by atoms with van der Waals surface area (Å²) in [6.45, 7) is 12.8.